The molecule has 0 bridgehead atoms. The first kappa shape index (κ1) is 18.5. The Hall–Kier alpha value is -3.83. The molecule has 1 atom stereocenters. The van der Waals surface area contributed by atoms with Gasteiger partial charge in [0.05, 0.1) is 31.1 Å². The van der Waals surface area contributed by atoms with Crippen molar-refractivity contribution in [2.45, 2.75) is 19.6 Å². The molecule has 7 nitrogen and oxygen atoms in total. The fraction of sp³-hybridized carbons (Fsp3) is 0.143. The van der Waals surface area contributed by atoms with Crippen molar-refractivity contribution < 1.29 is 9.50 Å². The summed E-state index contributed by atoms with van der Waals surface area (Å²) in [6.45, 7) is 9.38. The Balaban J connectivity index is 1.69. The number of aromatic nitrogens is 4. The average Bonchev–Trinajstić information content (AvgIpc) is 3.16. The lowest BCUT2D eigenvalue weighted by Crippen LogP contribution is -2.09. The molecule has 29 heavy (non-hydrogen) atoms. The van der Waals surface area contributed by atoms with Crippen molar-refractivity contribution in [3.8, 4) is 11.3 Å². The predicted molar refractivity (Wildman–Crippen MR) is 108 cm³/mol. The van der Waals surface area contributed by atoms with Gasteiger partial charge in [0, 0.05) is 23.3 Å². The number of aromatic amines is 1. The molecule has 0 aliphatic heterocycles. The first-order chi connectivity index (χ1) is 14.1. The number of nitrogens with zero attached hydrogens (tertiary/aromatic N) is 4. The van der Waals surface area contributed by atoms with Gasteiger partial charge in [-0.2, -0.15) is 0 Å². The van der Waals surface area contributed by atoms with Crippen molar-refractivity contribution in [3.63, 3.8) is 0 Å². The largest absolute Gasteiger partial charge is 0.392 e. The van der Waals surface area contributed by atoms with E-state index in [4.69, 9.17) is 6.57 Å². The van der Waals surface area contributed by atoms with Crippen LogP contribution in [0.15, 0.2) is 48.9 Å². The highest BCUT2D eigenvalue weighted by molar-refractivity contribution is 5.96. The van der Waals surface area contributed by atoms with Crippen LogP contribution in [-0.4, -0.2) is 25.0 Å². The lowest BCUT2D eigenvalue weighted by Gasteiger charge is -2.15. The van der Waals surface area contributed by atoms with E-state index in [0.29, 0.717) is 28.2 Å². The van der Waals surface area contributed by atoms with E-state index in [-0.39, 0.29) is 18.3 Å². The molecule has 0 amide bonds. The van der Waals surface area contributed by atoms with Crippen LogP contribution < -0.4 is 5.32 Å². The van der Waals surface area contributed by atoms with Gasteiger partial charge >= 0.3 is 0 Å². The molecule has 8 heteroatoms. The molecule has 0 unspecified atom stereocenters. The molecule has 144 valence electrons. The second-order valence-electron chi connectivity index (χ2n) is 6.56. The highest BCUT2D eigenvalue weighted by atomic mass is 19.1. The van der Waals surface area contributed by atoms with Crippen LogP contribution in [0.2, 0.25) is 0 Å². The Morgan fingerprint density at radius 2 is 2.03 bits per heavy atom. The number of pyridine rings is 1. The summed E-state index contributed by atoms with van der Waals surface area (Å²) in [5, 5.41) is 12.9. The van der Waals surface area contributed by atoms with Crippen LogP contribution in [0.3, 0.4) is 0 Å². The van der Waals surface area contributed by atoms with Crippen LogP contribution in [0.1, 0.15) is 24.1 Å². The van der Waals surface area contributed by atoms with Gasteiger partial charge in [0.15, 0.2) is 0 Å². The summed E-state index contributed by atoms with van der Waals surface area (Å²) in [5.74, 6) is -0.111. The molecule has 0 saturated carbocycles. The molecular weight excluding hydrogens is 371 g/mol. The zero-order chi connectivity index (χ0) is 20.4. The fourth-order valence-corrected chi connectivity index (χ4v) is 3.09. The van der Waals surface area contributed by atoms with Gasteiger partial charge in [0.25, 0.3) is 0 Å². The topological polar surface area (TPSA) is 91.1 Å². The third-order valence-corrected chi connectivity index (χ3v) is 4.65. The summed E-state index contributed by atoms with van der Waals surface area (Å²) in [5.41, 5.74) is 3.60. The van der Waals surface area contributed by atoms with E-state index in [2.05, 4.69) is 30.1 Å². The minimum absolute atomic E-state index is 0.00722. The van der Waals surface area contributed by atoms with Gasteiger partial charge in [0.1, 0.15) is 11.5 Å². The third kappa shape index (κ3) is 3.63. The molecule has 4 rings (SSSR count). The van der Waals surface area contributed by atoms with Crippen LogP contribution in [0.5, 0.6) is 0 Å². The molecule has 4 aromatic rings. The van der Waals surface area contributed by atoms with Crippen LogP contribution in [0.25, 0.3) is 27.1 Å². The molecule has 0 aliphatic rings. The Labute approximate surface area is 166 Å². The standard InChI is InChI=1S/C21H17FN6O/c1-12(14-5-3-13(11-29)4-6-14)27-21-26-10-18(23-2)19(28-21)17-9-25-20-16(17)7-15(22)8-24-20/h3-10,12,29H,11H2,1H3,(H,24,25)(H,26,27,28)/t12-/m1/s1. The molecule has 0 saturated heterocycles. The SMILES string of the molecule is [C-]#[N+]c1cnc(N[C@H](C)c2ccc(CO)cc2)nc1-c1c[nH]c2ncc(F)cc12. The number of nitrogens with one attached hydrogen (secondary N) is 2. The molecule has 0 fully saturated rings. The highest BCUT2D eigenvalue weighted by Gasteiger charge is 2.16. The number of fused-ring (bicyclic) bond motifs is 1. The van der Waals surface area contributed by atoms with E-state index in [0.717, 1.165) is 17.3 Å². The highest BCUT2D eigenvalue weighted by Crippen LogP contribution is 2.34. The van der Waals surface area contributed by atoms with Gasteiger partial charge in [-0.3, -0.25) is 0 Å². The number of hydrogen-bond donors (Lipinski definition) is 3. The van der Waals surface area contributed by atoms with Crippen LogP contribution in [-0.2, 0) is 6.61 Å². The van der Waals surface area contributed by atoms with Crippen molar-refractivity contribution in [2.24, 2.45) is 0 Å². The van der Waals surface area contributed by atoms with E-state index >= 15 is 0 Å². The number of anilines is 1. The second kappa shape index (κ2) is 7.66. The Morgan fingerprint density at radius 1 is 1.24 bits per heavy atom. The Bertz CT molecular complexity index is 1210. The summed E-state index contributed by atoms with van der Waals surface area (Å²) in [6.07, 6.45) is 4.24. The molecule has 0 aliphatic carbocycles. The summed E-state index contributed by atoms with van der Waals surface area (Å²) < 4.78 is 13.7. The second-order valence-corrected chi connectivity index (χ2v) is 6.56. The van der Waals surface area contributed by atoms with E-state index in [9.17, 15) is 9.50 Å². The van der Waals surface area contributed by atoms with Crippen molar-refractivity contribution in [1.82, 2.24) is 19.9 Å². The summed E-state index contributed by atoms with van der Waals surface area (Å²) in [4.78, 5) is 19.3. The number of halogens is 1. The first-order valence-electron chi connectivity index (χ1n) is 8.92. The Kier molecular flexibility index (Phi) is 4.89. The molecule has 0 radical (unpaired) electrons. The maximum Gasteiger partial charge on any atom is 0.231 e. The summed E-state index contributed by atoms with van der Waals surface area (Å²) in [7, 11) is 0. The molecular formula is C21H17FN6O. The normalized spacial score (nSPS) is 11.9. The molecule has 3 aromatic heterocycles. The molecule has 0 spiro atoms. The number of benzene rings is 1. The van der Waals surface area contributed by atoms with Crippen molar-refractivity contribution in [2.75, 3.05) is 5.32 Å². The minimum atomic E-state index is -0.463. The number of aliphatic hydroxyl groups excluding tert-OH is 1. The lowest BCUT2D eigenvalue weighted by molar-refractivity contribution is 0.282. The number of hydrogen-bond acceptors (Lipinski definition) is 5. The van der Waals surface area contributed by atoms with Crippen LogP contribution in [0.4, 0.5) is 16.0 Å². The van der Waals surface area contributed by atoms with Crippen LogP contribution in [0, 0.1) is 12.4 Å². The molecule has 1 aromatic carbocycles. The fourth-order valence-electron chi connectivity index (χ4n) is 3.09. The quantitative estimate of drug-likeness (QED) is 0.442. The average molecular weight is 388 g/mol. The van der Waals surface area contributed by atoms with Gasteiger partial charge in [-0.25, -0.2) is 24.2 Å². The van der Waals surface area contributed by atoms with E-state index < -0.39 is 5.82 Å². The lowest BCUT2D eigenvalue weighted by atomic mass is 10.1. The van der Waals surface area contributed by atoms with E-state index in [1.807, 2.05) is 31.2 Å². The number of aliphatic hydroxyl groups is 1. The minimum Gasteiger partial charge on any atom is -0.392 e. The van der Waals surface area contributed by atoms with Crippen molar-refractivity contribution >= 4 is 22.7 Å². The molecule has 3 N–H and O–H groups in total. The van der Waals surface area contributed by atoms with Crippen molar-refractivity contribution in [3.05, 3.63) is 77.3 Å². The Morgan fingerprint density at radius 3 is 2.76 bits per heavy atom. The molecule has 3 heterocycles. The van der Waals surface area contributed by atoms with Gasteiger partial charge in [-0.15, -0.1) is 0 Å². The summed E-state index contributed by atoms with van der Waals surface area (Å²) >= 11 is 0. The van der Waals surface area contributed by atoms with Gasteiger partial charge in [-0.1, -0.05) is 24.3 Å². The van der Waals surface area contributed by atoms with Crippen molar-refractivity contribution in [1.29, 1.82) is 0 Å². The van der Waals surface area contributed by atoms with E-state index in [1.54, 1.807) is 6.20 Å². The first-order valence-corrected chi connectivity index (χ1v) is 8.92. The zero-order valence-corrected chi connectivity index (χ0v) is 15.5. The van der Waals surface area contributed by atoms with Crippen LogP contribution >= 0.6 is 0 Å². The predicted octanol–water partition coefficient (Wildman–Crippen LogP) is 4.38. The third-order valence-electron chi connectivity index (χ3n) is 4.65. The monoisotopic (exact) mass is 388 g/mol. The van der Waals surface area contributed by atoms with Gasteiger partial charge < -0.3 is 15.4 Å². The van der Waals surface area contributed by atoms with Gasteiger partial charge in [-0.05, 0) is 24.1 Å². The zero-order valence-electron chi connectivity index (χ0n) is 15.5. The van der Waals surface area contributed by atoms with Gasteiger partial charge in [0.2, 0.25) is 11.6 Å². The smallest absolute Gasteiger partial charge is 0.231 e. The number of H-pyrrole nitrogens is 1. The summed E-state index contributed by atoms with van der Waals surface area (Å²) in [6, 6.07) is 8.82. The maximum atomic E-state index is 13.7. The maximum absolute atomic E-state index is 13.7. The van der Waals surface area contributed by atoms with E-state index in [1.165, 1.54) is 12.3 Å². The number of rotatable bonds is 5.